The van der Waals surface area contributed by atoms with Crippen molar-refractivity contribution >= 4 is 39.1 Å². The van der Waals surface area contributed by atoms with Crippen LogP contribution in [0.4, 0.5) is 0 Å². The molecule has 82 valence electrons. The largest absolute Gasteiger partial charge is 0.0837 e. The van der Waals surface area contributed by atoms with Crippen LogP contribution in [0, 0.1) is 6.92 Å². The van der Waals surface area contributed by atoms with Crippen molar-refractivity contribution < 1.29 is 0 Å². The quantitative estimate of drug-likeness (QED) is 0.630. The first-order chi connectivity index (χ1) is 7.61. The minimum Gasteiger partial charge on any atom is -0.0837 e. The Kier molecular flexibility index (Phi) is 3.58. The molecule has 0 saturated carbocycles. The van der Waals surface area contributed by atoms with Gasteiger partial charge in [-0.05, 0) is 46.1 Å². The highest BCUT2D eigenvalue weighted by Gasteiger charge is 2.11. The first-order valence-electron chi connectivity index (χ1n) is 4.80. The fraction of sp³-hybridized carbons (Fsp3) is 0.0769. The average molecular weight is 316 g/mol. The third-order valence-electron chi connectivity index (χ3n) is 2.44. The molecule has 0 saturated heterocycles. The van der Waals surface area contributed by atoms with Crippen molar-refractivity contribution in [1.29, 1.82) is 0 Å². The van der Waals surface area contributed by atoms with Crippen LogP contribution < -0.4 is 0 Å². The maximum Gasteiger partial charge on any atom is 0.0554 e. The van der Waals surface area contributed by atoms with Gasteiger partial charge in [-0.25, -0.2) is 0 Å². The monoisotopic (exact) mass is 314 g/mol. The minimum atomic E-state index is 0.691. The van der Waals surface area contributed by atoms with Gasteiger partial charge in [0.25, 0.3) is 0 Å². The normalized spacial score (nSPS) is 10.5. The van der Waals surface area contributed by atoms with E-state index in [1.54, 1.807) is 0 Å². The molecule has 2 rings (SSSR count). The standard InChI is InChI=1S/C13H9BrCl2/c1-8-4-2-6-10(15)12(8)9-5-3-7-11(16)13(9)14/h2-7H,1H3. The number of halogens is 3. The number of hydrogen-bond donors (Lipinski definition) is 0. The molecule has 2 aromatic rings. The van der Waals surface area contributed by atoms with Crippen LogP contribution in [-0.2, 0) is 0 Å². The summed E-state index contributed by atoms with van der Waals surface area (Å²) in [7, 11) is 0. The van der Waals surface area contributed by atoms with E-state index in [1.807, 2.05) is 43.3 Å². The Hall–Kier alpha value is -0.500. The molecule has 0 atom stereocenters. The Labute approximate surface area is 113 Å². The van der Waals surface area contributed by atoms with Crippen LogP contribution in [0.25, 0.3) is 11.1 Å². The lowest BCUT2D eigenvalue weighted by molar-refractivity contribution is 1.45. The Balaban J connectivity index is 2.73. The van der Waals surface area contributed by atoms with Gasteiger partial charge in [0.05, 0.1) is 5.02 Å². The molecule has 0 spiro atoms. The summed E-state index contributed by atoms with van der Waals surface area (Å²) in [5.74, 6) is 0. The van der Waals surface area contributed by atoms with Crippen molar-refractivity contribution in [2.75, 3.05) is 0 Å². The van der Waals surface area contributed by atoms with Crippen molar-refractivity contribution in [3.8, 4) is 11.1 Å². The highest BCUT2D eigenvalue weighted by Crippen LogP contribution is 2.38. The molecule has 0 heterocycles. The molecular formula is C13H9BrCl2. The van der Waals surface area contributed by atoms with E-state index in [2.05, 4.69) is 15.9 Å². The van der Waals surface area contributed by atoms with E-state index in [9.17, 15) is 0 Å². The highest BCUT2D eigenvalue weighted by molar-refractivity contribution is 9.10. The van der Waals surface area contributed by atoms with E-state index in [-0.39, 0.29) is 0 Å². The van der Waals surface area contributed by atoms with Gasteiger partial charge in [-0.3, -0.25) is 0 Å². The number of aryl methyl sites for hydroxylation is 1. The van der Waals surface area contributed by atoms with Crippen LogP contribution in [-0.4, -0.2) is 0 Å². The molecule has 16 heavy (non-hydrogen) atoms. The summed E-state index contributed by atoms with van der Waals surface area (Å²) in [5, 5.41) is 1.43. The zero-order valence-corrected chi connectivity index (χ0v) is 11.7. The summed E-state index contributed by atoms with van der Waals surface area (Å²) in [6, 6.07) is 11.6. The molecule has 0 aliphatic rings. The van der Waals surface area contributed by atoms with E-state index >= 15 is 0 Å². The Morgan fingerprint density at radius 3 is 2.25 bits per heavy atom. The SMILES string of the molecule is Cc1cccc(Cl)c1-c1cccc(Cl)c1Br. The van der Waals surface area contributed by atoms with E-state index in [0.717, 1.165) is 26.2 Å². The predicted octanol–water partition coefficient (Wildman–Crippen LogP) is 5.73. The Morgan fingerprint density at radius 1 is 0.938 bits per heavy atom. The van der Waals surface area contributed by atoms with Gasteiger partial charge in [-0.1, -0.05) is 47.5 Å². The fourth-order valence-corrected chi connectivity index (χ4v) is 2.63. The molecular weight excluding hydrogens is 307 g/mol. The van der Waals surface area contributed by atoms with Gasteiger partial charge >= 0.3 is 0 Å². The Morgan fingerprint density at radius 2 is 1.56 bits per heavy atom. The first-order valence-corrected chi connectivity index (χ1v) is 6.35. The van der Waals surface area contributed by atoms with Crippen molar-refractivity contribution in [3.63, 3.8) is 0 Å². The van der Waals surface area contributed by atoms with Gasteiger partial charge < -0.3 is 0 Å². The number of benzene rings is 2. The topological polar surface area (TPSA) is 0 Å². The summed E-state index contributed by atoms with van der Waals surface area (Å²) in [5.41, 5.74) is 3.18. The molecule has 0 radical (unpaired) electrons. The van der Waals surface area contributed by atoms with Crippen molar-refractivity contribution in [3.05, 3.63) is 56.5 Å². The maximum atomic E-state index is 6.22. The molecule has 2 aromatic carbocycles. The minimum absolute atomic E-state index is 0.691. The Bertz CT molecular complexity index is 515. The molecule has 0 amide bonds. The zero-order valence-electron chi connectivity index (χ0n) is 8.60. The van der Waals surface area contributed by atoms with E-state index in [0.29, 0.717) is 5.02 Å². The number of hydrogen-bond acceptors (Lipinski definition) is 0. The van der Waals surface area contributed by atoms with Crippen LogP contribution in [0.2, 0.25) is 10.0 Å². The predicted molar refractivity (Wildman–Crippen MR) is 74.3 cm³/mol. The van der Waals surface area contributed by atoms with Crippen molar-refractivity contribution in [2.24, 2.45) is 0 Å². The first kappa shape index (κ1) is 12.0. The average Bonchev–Trinajstić information content (AvgIpc) is 2.24. The third kappa shape index (κ3) is 2.13. The third-order valence-corrected chi connectivity index (χ3v) is 4.16. The maximum absolute atomic E-state index is 6.22. The molecule has 0 aliphatic carbocycles. The second-order valence-electron chi connectivity index (χ2n) is 3.53. The lowest BCUT2D eigenvalue weighted by Gasteiger charge is -2.11. The summed E-state index contributed by atoms with van der Waals surface area (Å²) in [4.78, 5) is 0. The molecule has 0 N–H and O–H groups in total. The van der Waals surface area contributed by atoms with Crippen LogP contribution in [0.5, 0.6) is 0 Å². The van der Waals surface area contributed by atoms with Gasteiger partial charge in [0.15, 0.2) is 0 Å². The van der Waals surface area contributed by atoms with E-state index in [1.165, 1.54) is 0 Å². The van der Waals surface area contributed by atoms with Gasteiger partial charge in [-0.2, -0.15) is 0 Å². The molecule has 0 fully saturated rings. The molecule has 0 aliphatic heterocycles. The lowest BCUT2D eigenvalue weighted by atomic mass is 10.0. The van der Waals surface area contributed by atoms with E-state index < -0.39 is 0 Å². The molecule has 3 heteroatoms. The van der Waals surface area contributed by atoms with Crippen LogP contribution >= 0.6 is 39.1 Å². The zero-order chi connectivity index (χ0) is 11.7. The van der Waals surface area contributed by atoms with Crippen molar-refractivity contribution in [2.45, 2.75) is 6.92 Å². The fourth-order valence-electron chi connectivity index (χ4n) is 1.67. The van der Waals surface area contributed by atoms with Gasteiger partial charge in [0.1, 0.15) is 0 Å². The van der Waals surface area contributed by atoms with E-state index in [4.69, 9.17) is 23.2 Å². The lowest BCUT2D eigenvalue weighted by Crippen LogP contribution is -1.86. The second-order valence-corrected chi connectivity index (χ2v) is 5.14. The summed E-state index contributed by atoms with van der Waals surface area (Å²) < 4.78 is 0.882. The highest BCUT2D eigenvalue weighted by atomic mass is 79.9. The molecule has 0 unspecified atom stereocenters. The van der Waals surface area contributed by atoms with Crippen LogP contribution in [0.15, 0.2) is 40.9 Å². The molecule has 0 bridgehead atoms. The van der Waals surface area contributed by atoms with Crippen molar-refractivity contribution in [1.82, 2.24) is 0 Å². The summed E-state index contributed by atoms with van der Waals surface area (Å²) >= 11 is 15.8. The van der Waals surface area contributed by atoms with Gasteiger partial charge in [0.2, 0.25) is 0 Å². The number of rotatable bonds is 1. The summed E-state index contributed by atoms with van der Waals surface area (Å²) in [6.07, 6.45) is 0. The molecule has 0 aromatic heterocycles. The van der Waals surface area contributed by atoms with Gasteiger partial charge in [0, 0.05) is 15.1 Å². The van der Waals surface area contributed by atoms with Gasteiger partial charge in [-0.15, -0.1) is 0 Å². The van der Waals surface area contributed by atoms with Crippen LogP contribution in [0.1, 0.15) is 5.56 Å². The van der Waals surface area contributed by atoms with Crippen LogP contribution in [0.3, 0.4) is 0 Å². The second kappa shape index (κ2) is 4.79. The smallest absolute Gasteiger partial charge is 0.0554 e. The molecule has 0 nitrogen and oxygen atoms in total. The summed E-state index contributed by atoms with van der Waals surface area (Å²) in [6.45, 7) is 2.04.